The van der Waals surface area contributed by atoms with Gasteiger partial charge in [-0.3, -0.25) is 10.3 Å². The van der Waals surface area contributed by atoms with Gasteiger partial charge in [0.05, 0.1) is 17.5 Å². The molecule has 11 heteroatoms. The number of nitrogens with zero attached hydrogens (tertiary/aromatic N) is 3. The van der Waals surface area contributed by atoms with E-state index < -0.39 is 23.4 Å². The number of benzene rings is 2. The van der Waals surface area contributed by atoms with Gasteiger partial charge in [-0.2, -0.15) is 18.3 Å². The molecule has 0 saturated carbocycles. The van der Waals surface area contributed by atoms with Crippen molar-refractivity contribution < 1.29 is 22.0 Å². The van der Waals surface area contributed by atoms with E-state index in [2.05, 4.69) is 22.7 Å². The van der Waals surface area contributed by atoms with Crippen molar-refractivity contribution >= 4 is 29.2 Å². The smallest absolute Gasteiger partial charge is 0.375 e. The number of hydrogen-bond acceptors (Lipinski definition) is 4. The number of rotatable bonds is 5. The van der Waals surface area contributed by atoms with Gasteiger partial charge in [0.15, 0.2) is 5.11 Å². The minimum absolute atomic E-state index is 0.0765. The van der Waals surface area contributed by atoms with Crippen LogP contribution in [-0.2, 0) is 12.7 Å². The molecule has 166 valence electrons. The van der Waals surface area contributed by atoms with E-state index in [1.807, 2.05) is 4.90 Å². The van der Waals surface area contributed by atoms with Gasteiger partial charge in [0.2, 0.25) is 0 Å². The quantitative estimate of drug-likeness (QED) is 0.312. The summed E-state index contributed by atoms with van der Waals surface area (Å²) in [6.07, 6.45) is -3.36. The summed E-state index contributed by atoms with van der Waals surface area (Å²) in [6, 6.07) is 7.53. The summed E-state index contributed by atoms with van der Waals surface area (Å²) in [5.74, 6) is -1.31. The van der Waals surface area contributed by atoms with Crippen molar-refractivity contribution in [3.8, 4) is 0 Å². The van der Waals surface area contributed by atoms with Crippen LogP contribution in [0.25, 0.3) is 0 Å². The van der Waals surface area contributed by atoms with Gasteiger partial charge in [-0.05, 0) is 29.9 Å². The van der Waals surface area contributed by atoms with Gasteiger partial charge in [-0.25, -0.2) is 8.78 Å². The van der Waals surface area contributed by atoms with E-state index in [1.54, 1.807) is 11.0 Å². The number of halogens is 5. The zero-order valence-corrected chi connectivity index (χ0v) is 17.1. The Morgan fingerprint density at radius 3 is 2.42 bits per heavy atom. The van der Waals surface area contributed by atoms with Gasteiger partial charge in [0, 0.05) is 44.4 Å². The molecule has 0 spiro atoms. The number of nitrogens with one attached hydrogen (secondary N) is 1. The first-order valence-electron chi connectivity index (χ1n) is 9.35. The molecule has 0 amide bonds. The Morgan fingerprint density at radius 2 is 1.77 bits per heavy atom. The van der Waals surface area contributed by atoms with Crippen molar-refractivity contribution in [1.29, 1.82) is 0 Å². The Labute approximate surface area is 181 Å². The normalized spacial score (nSPS) is 15.5. The molecule has 1 aliphatic heterocycles. The van der Waals surface area contributed by atoms with Crippen molar-refractivity contribution in [2.45, 2.75) is 12.7 Å². The van der Waals surface area contributed by atoms with Crippen LogP contribution in [0, 0.1) is 11.6 Å². The average Bonchev–Trinajstić information content (AvgIpc) is 2.70. The molecule has 31 heavy (non-hydrogen) atoms. The molecule has 0 bridgehead atoms. The highest BCUT2D eigenvalue weighted by Crippen LogP contribution is 2.32. The molecule has 0 radical (unpaired) electrons. The van der Waals surface area contributed by atoms with Crippen molar-refractivity contribution in [3.05, 3.63) is 64.7 Å². The van der Waals surface area contributed by atoms with Crippen LogP contribution in [-0.4, -0.2) is 42.4 Å². The van der Waals surface area contributed by atoms with Crippen molar-refractivity contribution in [2.75, 3.05) is 31.1 Å². The number of hydrazone groups is 1. The standard InChI is InChI=1S/C20H20F5N5S/c21-16-10-18(17(22)9-14(16)11-27-28-19(26)31)30-7-5-29(6-8-30)12-13-3-1-2-4-15(13)20(23,24)25/h1-4,9-11H,5-8,12H2,(H3,26,28,31)/b27-11+. The molecule has 0 aliphatic carbocycles. The third kappa shape index (κ3) is 5.88. The molecule has 0 unspecified atom stereocenters. The van der Waals surface area contributed by atoms with E-state index >= 15 is 0 Å². The lowest BCUT2D eigenvalue weighted by Crippen LogP contribution is -2.46. The molecule has 2 aromatic rings. The maximum Gasteiger partial charge on any atom is 0.416 e. The van der Waals surface area contributed by atoms with E-state index in [9.17, 15) is 22.0 Å². The Kier molecular flexibility index (Phi) is 7.06. The molecule has 5 nitrogen and oxygen atoms in total. The topological polar surface area (TPSA) is 56.9 Å². The van der Waals surface area contributed by atoms with E-state index in [1.165, 1.54) is 12.1 Å². The van der Waals surface area contributed by atoms with Crippen LogP contribution in [0.4, 0.5) is 27.6 Å². The predicted octanol–water partition coefficient (Wildman–Crippen LogP) is 3.47. The van der Waals surface area contributed by atoms with Gasteiger partial charge >= 0.3 is 6.18 Å². The lowest BCUT2D eigenvalue weighted by Gasteiger charge is -2.36. The molecule has 1 aliphatic rings. The van der Waals surface area contributed by atoms with Crippen LogP contribution in [0.1, 0.15) is 16.7 Å². The molecule has 1 saturated heterocycles. The van der Waals surface area contributed by atoms with Gasteiger partial charge < -0.3 is 10.6 Å². The fraction of sp³-hybridized carbons (Fsp3) is 0.300. The largest absolute Gasteiger partial charge is 0.416 e. The van der Waals surface area contributed by atoms with Gasteiger partial charge in [0.1, 0.15) is 11.6 Å². The highest BCUT2D eigenvalue weighted by atomic mass is 32.1. The molecule has 1 heterocycles. The molecule has 2 aromatic carbocycles. The number of piperazine rings is 1. The summed E-state index contributed by atoms with van der Waals surface area (Å²) in [7, 11) is 0. The SMILES string of the molecule is NC(=S)N/N=C/c1cc(F)c(N2CCN(Cc3ccccc3C(F)(F)F)CC2)cc1F. The third-order valence-electron chi connectivity index (χ3n) is 4.87. The summed E-state index contributed by atoms with van der Waals surface area (Å²) < 4.78 is 68.5. The van der Waals surface area contributed by atoms with Crippen LogP contribution < -0.4 is 16.1 Å². The first kappa shape index (κ1) is 22.9. The molecule has 3 N–H and O–H groups in total. The second kappa shape index (κ2) is 9.56. The molecule has 1 fully saturated rings. The van der Waals surface area contributed by atoms with Crippen molar-refractivity contribution in [3.63, 3.8) is 0 Å². The summed E-state index contributed by atoms with van der Waals surface area (Å²) in [6.45, 7) is 1.65. The molecular weight excluding hydrogens is 437 g/mol. The first-order valence-corrected chi connectivity index (χ1v) is 9.76. The van der Waals surface area contributed by atoms with Gasteiger partial charge in [0.25, 0.3) is 0 Å². The zero-order valence-electron chi connectivity index (χ0n) is 16.3. The molecule has 3 rings (SSSR count). The summed E-state index contributed by atoms with van der Waals surface area (Å²) in [5.41, 5.74) is 7.01. The Bertz CT molecular complexity index is 971. The van der Waals surface area contributed by atoms with Gasteiger partial charge in [-0.1, -0.05) is 18.2 Å². The second-order valence-electron chi connectivity index (χ2n) is 6.98. The van der Waals surface area contributed by atoms with Crippen LogP contribution in [0.3, 0.4) is 0 Å². The minimum atomic E-state index is -4.42. The molecule has 0 atom stereocenters. The predicted molar refractivity (Wildman–Crippen MR) is 113 cm³/mol. The zero-order chi connectivity index (χ0) is 22.6. The summed E-state index contributed by atoms with van der Waals surface area (Å²) in [4.78, 5) is 3.52. The number of thiocarbonyl (C=S) groups is 1. The van der Waals surface area contributed by atoms with E-state index in [-0.39, 0.29) is 28.5 Å². The number of nitrogens with two attached hydrogens (primary N) is 1. The maximum atomic E-state index is 14.5. The van der Waals surface area contributed by atoms with E-state index in [0.717, 1.165) is 24.4 Å². The van der Waals surface area contributed by atoms with E-state index in [0.29, 0.717) is 26.2 Å². The molecular formula is C20H20F5N5S. The highest BCUT2D eigenvalue weighted by molar-refractivity contribution is 7.80. The maximum absolute atomic E-state index is 14.5. The second-order valence-corrected chi connectivity index (χ2v) is 7.42. The monoisotopic (exact) mass is 457 g/mol. The number of anilines is 1. The van der Waals surface area contributed by atoms with Crippen molar-refractivity contribution in [1.82, 2.24) is 10.3 Å². The van der Waals surface area contributed by atoms with Crippen LogP contribution in [0.2, 0.25) is 0 Å². The fourth-order valence-electron chi connectivity index (χ4n) is 3.38. The Morgan fingerprint density at radius 1 is 1.10 bits per heavy atom. The van der Waals surface area contributed by atoms with Crippen LogP contribution in [0.15, 0.2) is 41.5 Å². The Balaban J connectivity index is 1.66. The minimum Gasteiger partial charge on any atom is -0.375 e. The van der Waals surface area contributed by atoms with Crippen LogP contribution >= 0.6 is 12.2 Å². The van der Waals surface area contributed by atoms with Gasteiger partial charge in [-0.15, -0.1) is 0 Å². The van der Waals surface area contributed by atoms with Crippen LogP contribution in [0.5, 0.6) is 0 Å². The summed E-state index contributed by atoms with van der Waals surface area (Å²) >= 11 is 4.57. The fourth-order valence-corrected chi connectivity index (χ4v) is 3.43. The van der Waals surface area contributed by atoms with Crippen molar-refractivity contribution in [2.24, 2.45) is 10.8 Å². The molecule has 0 aromatic heterocycles. The number of hydrogen-bond donors (Lipinski definition) is 2. The lowest BCUT2D eigenvalue weighted by molar-refractivity contribution is -0.138. The Hall–Kier alpha value is -2.79. The summed E-state index contributed by atoms with van der Waals surface area (Å²) in [5, 5.41) is 3.50. The first-order chi connectivity index (χ1) is 14.6. The third-order valence-corrected chi connectivity index (χ3v) is 4.97. The average molecular weight is 457 g/mol. The lowest BCUT2D eigenvalue weighted by atomic mass is 10.1. The highest BCUT2D eigenvalue weighted by Gasteiger charge is 2.33. The van der Waals surface area contributed by atoms with E-state index in [4.69, 9.17) is 5.73 Å². The number of alkyl halides is 3.